The van der Waals surface area contributed by atoms with Crippen molar-refractivity contribution in [2.75, 3.05) is 20.2 Å². The van der Waals surface area contributed by atoms with Crippen LogP contribution in [0, 0.1) is 0 Å². The minimum absolute atomic E-state index is 0.0170. The third kappa shape index (κ3) is 5.10. The van der Waals surface area contributed by atoms with E-state index in [1.807, 2.05) is 0 Å². The molecule has 1 aliphatic rings. The average molecular weight is 422 g/mol. The van der Waals surface area contributed by atoms with Crippen molar-refractivity contribution in [3.63, 3.8) is 0 Å². The van der Waals surface area contributed by atoms with E-state index in [0.717, 1.165) is 25.9 Å². The predicted molar refractivity (Wildman–Crippen MR) is 107 cm³/mol. The number of carbonyl (C=O) groups is 1. The number of methoxy groups -OCH3 is 1. The number of aromatic hydroxyl groups is 2. The van der Waals surface area contributed by atoms with Gasteiger partial charge in [-0.3, -0.25) is 14.5 Å². The van der Waals surface area contributed by atoms with E-state index in [0.29, 0.717) is 17.9 Å². The second kappa shape index (κ2) is 9.33. The fourth-order valence-electron chi connectivity index (χ4n) is 3.56. The van der Waals surface area contributed by atoms with Gasteiger partial charge < -0.3 is 19.4 Å². The standard InChI is InChI=1S/C21H24ClNO6/c1-28-19(26)11-15(13-5-6-17(24)16(22)9-13)21-20(27)18(25)10-14(29-21)12-23-7-3-2-4-8-23/h5-6,9-10,15,24,27H,2-4,7-8,11-12H2,1H3/t15-/m1/s1. The number of piperidine rings is 1. The van der Waals surface area contributed by atoms with Gasteiger partial charge in [0.2, 0.25) is 11.2 Å². The normalized spacial score (nSPS) is 15.8. The Balaban J connectivity index is 2.02. The summed E-state index contributed by atoms with van der Waals surface area (Å²) in [5.74, 6) is -1.60. The Hall–Kier alpha value is -2.51. The number of ether oxygens (including phenoxy) is 1. The van der Waals surface area contributed by atoms with E-state index in [-0.39, 0.29) is 23.0 Å². The molecule has 2 aromatic rings. The molecule has 29 heavy (non-hydrogen) atoms. The zero-order valence-corrected chi connectivity index (χ0v) is 16.9. The quantitative estimate of drug-likeness (QED) is 0.689. The van der Waals surface area contributed by atoms with Gasteiger partial charge in [0, 0.05) is 6.07 Å². The van der Waals surface area contributed by atoms with Gasteiger partial charge in [-0.05, 0) is 43.6 Å². The van der Waals surface area contributed by atoms with Crippen molar-refractivity contribution in [1.29, 1.82) is 0 Å². The molecule has 2 heterocycles. The maximum absolute atomic E-state index is 12.4. The fourth-order valence-corrected chi connectivity index (χ4v) is 3.75. The summed E-state index contributed by atoms with van der Waals surface area (Å²) in [6.45, 7) is 2.28. The lowest BCUT2D eigenvalue weighted by molar-refractivity contribution is -0.140. The molecule has 7 nitrogen and oxygen atoms in total. The molecule has 1 aromatic heterocycles. The highest BCUT2D eigenvalue weighted by molar-refractivity contribution is 6.32. The molecule has 1 fully saturated rings. The molecule has 156 valence electrons. The van der Waals surface area contributed by atoms with E-state index in [2.05, 4.69) is 4.90 Å². The number of phenolic OH excluding ortho intramolecular Hbond substituents is 1. The van der Waals surface area contributed by atoms with Gasteiger partial charge in [-0.25, -0.2) is 0 Å². The van der Waals surface area contributed by atoms with Crippen molar-refractivity contribution in [1.82, 2.24) is 4.90 Å². The number of carbonyl (C=O) groups excluding carboxylic acids is 1. The monoisotopic (exact) mass is 421 g/mol. The molecule has 8 heteroatoms. The van der Waals surface area contributed by atoms with Gasteiger partial charge in [-0.2, -0.15) is 0 Å². The van der Waals surface area contributed by atoms with Crippen molar-refractivity contribution in [2.45, 2.75) is 38.1 Å². The lowest BCUT2D eigenvalue weighted by atomic mass is 9.92. The summed E-state index contributed by atoms with van der Waals surface area (Å²) in [7, 11) is 1.26. The summed E-state index contributed by atoms with van der Waals surface area (Å²) >= 11 is 6.02. The summed E-state index contributed by atoms with van der Waals surface area (Å²) in [4.78, 5) is 26.6. The summed E-state index contributed by atoms with van der Waals surface area (Å²) in [5, 5.41) is 20.2. The van der Waals surface area contributed by atoms with E-state index in [1.165, 1.54) is 31.7 Å². The molecule has 3 rings (SSSR count). The number of halogens is 1. The highest BCUT2D eigenvalue weighted by Gasteiger charge is 2.27. The molecule has 2 N–H and O–H groups in total. The van der Waals surface area contributed by atoms with Crippen molar-refractivity contribution in [3.8, 4) is 11.5 Å². The van der Waals surface area contributed by atoms with E-state index in [4.69, 9.17) is 20.8 Å². The van der Waals surface area contributed by atoms with Crippen LogP contribution in [-0.2, 0) is 16.1 Å². The minimum Gasteiger partial charge on any atom is -0.506 e. The number of esters is 1. The molecule has 0 amide bonds. The largest absolute Gasteiger partial charge is 0.506 e. The number of rotatable bonds is 6. The van der Waals surface area contributed by atoms with E-state index < -0.39 is 23.1 Å². The highest BCUT2D eigenvalue weighted by Crippen LogP contribution is 2.36. The topological polar surface area (TPSA) is 100 Å². The van der Waals surface area contributed by atoms with Crippen molar-refractivity contribution < 1.29 is 24.2 Å². The average Bonchev–Trinajstić information content (AvgIpc) is 2.71. The number of hydrogen-bond donors (Lipinski definition) is 2. The molecule has 0 saturated carbocycles. The van der Waals surface area contributed by atoms with Crippen LogP contribution >= 0.6 is 11.6 Å². The molecular weight excluding hydrogens is 398 g/mol. The lowest BCUT2D eigenvalue weighted by Gasteiger charge is -2.26. The number of likely N-dealkylation sites (tertiary alicyclic amines) is 1. The van der Waals surface area contributed by atoms with Crippen LogP contribution in [0.5, 0.6) is 11.5 Å². The Morgan fingerprint density at radius 2 is 1.97 bits per heavy atom. The molecule has 0 aliphatic carbocycles. The van der Waals surface area contributed by atoms with Crippen LogP contribution < -0.4 is 5.43 Å². The molecule has 1 atom stereocenters. The summed E-state index contributed by atoms with van der Waals surface area (Å²) in [6.07, 6.45) is 3.20. The molecule has 0 spiro atoms. The predicted octanol–water partition coefficient (Wildman–Crippen LogP) is 3.39. The third-order valence-corrected chi connectivity index (χ3v) is 5.42. The third-order valence-electron chi connectivity index (χ3n) is 5.12. The van der Waals surface area contributed by atoms with Crippen molar-refractivity contribution in [2.24, 2.45) is 0 Å². The van der Waals surface area contributed by atoms with Crippen LogP contribution in [0.1, 0.15) is 48.7 Å². The second-order valence-corrected chi connectivity index (χ2v) is 7.58. The maximum Gasteiger partial charge on any atom is 0.306 e. The SMILES string of the molecule is COC(=O)C[C@H](c1ccc(O)c(Cl)c1)c1oc(CN2CCCCC2)cc(=O)c1O. The van der Waals surface area contributed by atoms with Crippen LogP contribution in [0.3, 0.4) is 0 Å². The summed E-state index contributed by atoms with van der Waals surface area (Å²) < 4.78 is 10.7. The second-order valence-electron chi connectivity index (χ2n) is 7.17. The first-order valence-corrected chi connectivity index (χ1v) is 9.90. The summed E-state index contributed by atoms with van der Waals surface area (Å²) in [6, 6.07) is 5.70. The van der Waals surface area contributed by atoms with E-state index in [9.17, 15) is 19.8 Å². The van der Waals surface area contributed by atoms with E-state index >= 15 is 0 Å². The number of phenols is 1. The Bertz CT molecular complexity index is 935. The molecule has 1 aliphatic heterocycles. The van der Waals surface area contributed by atoms with Gasteiger partial charge in [-0.15, -0.1) is 0 Å². The van der Waals surface area contributed by atoms with Crippen LogP contribution in [-0.4, -0.2) is 41.3 Å². The zero-order chi connectivity index (χ0) is 21.0. The Morgan fingerprint density at radius 1 is 1.24 bits per heavy atom. The van der Waals surface area contributed by atoms with Gasteiger partial charge in [0.15, 0.2) is 5.76 Å². The molecular formula is C21H24ClNO6. The molecule has 0 unspecified atom stereocenters. The Labute approximate surface area is 173 Å². The van der Waals surface area contributed by atoms with Crippen molar-refractivity contribution in [3.05, 3.63) is 56.6 Å². The van der Waals surface area contributed by atoms with Crippen LogP contribution in [0.25, 0.3) is 0 Å². The Morgan fingerprint density at radius 3 is 2.62 bits per heavy atom. The van der Waals surface area contributed by atoms with Gasteiger partial charge in [0.05, 0.1) is 31.0 Å². The van der Waals surface area contributed by atoms with Gasteiger partial charge >= 0.3 is 5.97 Å². The number of benzene rings is 1. The van der Waals surface area contributed by atoms with Crippen LogP contribution in [0.15, 0.2) is 33.5 Å². The van der Waals surface area contributed by atoms with Crippen molar-refractivity contribution >= 4 is 17.6 Å². The van der Waals surface area contributed by atoms with Crippen LogP contribution in [0.4, 0.5) is 0 Å². The number of hydrogen-bond acceptors (Lipinski definition) is 7. The van der Waals surface area contributed by atoms with Gasteiger partial charge in [-0.1, -0.05) is 24.1 Å². The smallest absolute Gasteiger partial charge is 0.306 e. The lowest BCUT2D eigenvalue weighted by Crippen LogP contribution is -2.29. The first-order chi connectivity index (χ1) is 13.9. The maximum atomic E-state index is 12.4. The summed E-state index contributed by atoms with van der Waals surface area (Å²) in [5.41, 5.74) is -0.0650. The van der Waals surface area contributed by atoms with Gasteiger partial charge in [0.25, 0.3) is 0 Å². The molecule has 0 bridgehead atoms. The Kier molecular flexibility index (Phi) is 6.82. The van der Waals surface area contributed by atoms with E-state index in [1.54, 1.807) is 6.07 Å². The molecule has 1 saturated heterocycles. The molecule has 0 radical (unpaired) electrons. The zero-order valence-electron chi connectivity index (χ0n) is 16.2. The van der Waals surface area contributed by atoms with Gasteiger partial charge in [0.1, 0.15) is 11.5 Å². The fraction of sp³-hybridized carbons (Fsp3) is 0.429. The minimum atomic E-state index is -0.797. The first-order valence-electron chi connectivity index (χ1n) is 9.52. The van der Waals surface area contributed by atoms with Crippen LogP contribution in [0.2, 0.25) is 5.02 Å². The number of nitrogens with zero attached hydrogens (tertiary/aromatic N) is 1. The highest BCUT2D eigenvalue weighted by atomic mass is 35.5. The first kappa shape index (κ1) is 21.2. The molecule has 1 aromatic carbocycles.